The first-order valence-electron chi connectivity index (χ1n) is 7.70. The highest BCUT2D eigenvalue weighted by molar-refractivity contribution is 5.67. The first-order chi connectivity index (χ1) is 11.2. The second kappa shape index (κ2) is 6.67. The van der Waals surface area contributed by atoms with Gasteiger partial charge in [0.1, 0.15) is 6.07 Å². The van der Waals surface area contributed by atoms with E-state index < -0.39 is 0 Å². The van der Waals surface area contributed by atoms with Crippen molar-refractivity contribution in [2.24, 2.45) is 0 Å². The Labute approximate surface area is 135 Å². The molecule has 2 unspecified atom stereocenters. The van der Waals surface area contributed by atoms with E-state index in [4.69, 9.17) is 9.15 Å². The number of nitrogens with zero attached hydrogens (tertiary/aromatic N) is 3. The van der Waals surface area contributed by atoms with Crippen LogP contribution >= 0.6 is 0 Å². The maximum atomic E-state index is 9.32. The molecule has 1 fully saturated rings. The van der Waals surface area contributed by atoms with E-state index in [0.29, 0.717) is 30.6 Å². The third-order valence-corrected chi connectivity index (χ3v) is 3.66. The lowest BCUT2D eigenvalue weighted by Crippen LogP contribution is -2.45. The SMILES string of the molecule is CC1CN(c2oc(/C=C/c3ccccc3)nc2C#N)CC(C)O1. The first-order valence-corrected chi connectivity index (χ1v) is 7.70. The van der Waals surface area contributed by atoms with Gasteiger partial charge in [0.2, 0.25) is 17.5 Å². The predicted molar refractivity (Wildman–Crippen MR) is 88.8 cm³/mol. The number of morpholine rings is 1. The molecule has 118 valence electrons. The van der Waals surface area contributed by atoms with Gasteiger partial charge in [-0.2, -0.15) is 10.2 Å². The zero-order valence-corrected chi connectivity index (χ0v) is 13.3. The van der Waals surface area contributed by atoms with Crippen LogP contribution in [0.4, 0.5) is 5.88 Å². The molecule has 0 bridgehead atoms. The first kappa shape index (κ1) is 15.3. The average molecular weight is 309 g/mol. The summed E-state index contributed by atoms with van der Waals surface area (Å²) < 4.78 is 11.5. The van der Waals surface area contributed by atoms with E-state index in [0.717, 1.165) is 5.56 Å². The highest BCUT2D eigenvalue weighted by Crippen LogP contribution is 2.26. The topological polar surface area (TPSA) is 62.3 Å². The van der Waals surface area contributed by atoms with Crippen LogP contribution in [0.2, 0.25) is 0 Å². The van der Waals surface area contributed by atoms with Crippen LogP contribution in [0.15, 0.2) is 34.7 Å². The van der Waals surface area contributed by atoms with Gasteiger partial charge in [-0.3, -0.25) is 0 Å². The van der Waals surface area contributed by atoms with Crippen LogP contribution < -0.4 is 4.90 Å². The normalized spacial score (nSPS) is 21.5. The Kier molecular flexibility index (Phi) is 4.45. The van der Waals surface area contributed by atoms with Crippen LogP contribution in [0.5, 0.6) is 0 Å². The molecule has 0 radical (unpaired) electrons. The zero-order chi connectivity index (χ0) is 16.2. The molecule has 1 aliphatic heterocycles. The second-order valence-corrected chi connectivity index (χ2v) is 5.72. The van der Waals surface area contributed by atoms with Crippen LogP contribution in [-0.2, 0) is 4.74 Å². The molecular formula is C18H19N3O2. The van der Waals surface area contributed by atoms with Crippen molar-refractivity contribution >= 4 is 18.0 Å². The van der Waals surface area contributed by atoms with Crippen LogP contribution in [0.25, 0.3) is 12.2 Å². The predicted octanol–water partition coefficient (Wildman–Crippen LogP) is 3.33. The van der Waals surface area contributed by atoms with E-state index in [1.807, 2.05) is 55.2 Å². The van der Waals surface area contributed by atoms with Gasteiger partial charge in [-0.15, -0.1) is 0 Å². The van der Waals surface area contributed by atoms with Crippen LogP contribution in [-0.4, -0.2) is 30.3 Å². The van der Waals surface area contributed by atoms with Crippen molar-refractivity contribution in [1.29, 1.82) is 5.26 Å². The number of rotatable bonds is 3. The molecule has 0 N–H and O–H groups in total. The van der Waals surface area contributed by atoms with E-state index >= 15 is 0 Å². The Morgan fingerprint density at radius 1 is 1.17 bits per heavy atom. The number of ether oxygens (including phenoxy) is 1. The maximum Gasteiger partial charge on any atom is 0.235 e. The van der Waals surface area contributed by atoms with E-state index in [2.05, 4.69) is 11.1 Å². The van der Waals surface area contributed by atoms with Crippen molar-refractivity contribution in [3.8, 4) is 6.07 Å². The largest absolute Gasteiger partial charge is 0.420 e. The molecule has 0 aliphatic carbocycles. The number of aromatic nitrogens is 1. The van der Waals surface area contributed by atoms with Crippen molar-refractivity contribution in [3.63, 3.8) is 0 Å². The molecule has 0 saturated carbocycles. The van der Waals surface area contributed by atoms with E-state index in [1.165, 1.54) is 0 Å². The molecule has 2 heterocycles. The van der Waals surface area contributed by atoms with Crippen molar-refractivity contribution in [2.75, 3.05) is 18.0 Å². The third kappa shape index (κ3) is 3.61. The average Bonchev–Trinajstić information content (AvgIpc) is 2.96. The summed E-state index contributed by atoms with van der Waals surface area (Å²) in [4.78, 5) is 6.30. The minimum absolute atomic E-state index is 0.0960. The minimum Gasteiger partial charge on any atom is -0.420 e. The molecule has 2 aromatic rings. The van der Waals surface area contributed by atoms with Gasteiger partial charge in [-0.05, 0) is 25.5 Å². The molecule has 23 heavy (non-hydrogen) atoms. The van der Waals surface area contributed by atoms with Gasteiger partial charge in [0.25, 0.3) is 0 Å². The Morgan fingerprint density at radius 2 is 1.87 bits per heavy atom. The molecule has 1 aromatic carbocycles. The van der Waals surface area contributed by atoms with Crippen LogP contribution in [0.3, 0.4) is 0 Å². The molecule has 5 nitrogen and oxygen atoms in total. The lowest BCUT2D eigenvalue weighted by atomic mass is 10.2. The summed E-state index contributed by atoms with van der Waals surface area (Å²) in [6.07, 6.45) is 3.89. The van der Waals surface area contributed by atoms with Gasteiger partial charge >= 0.3 is 0 Å². The van der Waals surface area contributed by atoms with E-state index in [1.54, 1.807) is 6.08 Å². The molecule has 0 amide bonds. The Balaban J connectivity index is 1.83. The molecule has 3 rings (SSSR count). The number of oxazole rings is 1. The van der Waals surface area contributed by atoms with Crippen molar-refractivity contribution in [1.82, 2.24) is 4.98 Å². The summed E-state index contributed by atoms with van der Waals surface area (Å²) in [5.41, 5.74) is 1.37. The van der Waals surface area contributed by atoms with Crippen molar-refractivity contribution < 1.29 is 9.15 Å². The van der Waals surface area contributed by atoms with Crippen molar-refractivity contribution in [3.05, 3.63) is 47.5 Å². The quantitative estimate of drug-likeness (QED) is 0.870. The highest BCUT2D eigenvalue weighted by Gasteiger charge is 2.27. The van der Waals surface area contributed by atoms with Gasteiger partial charge in [0, 0.05) is 19.2 Å². The zero-order valence-electron chi connectivity index (χ0n) is 13.3. The van der Waals surface area contributed by atoms with Gasteiger partial charge in [0.15, 0.2) is 0 Å². The standard InChI is InChI=1S/C18H19N3O2/c1-13-11-21(12-14(2)22-13)18-16(10-19)20-17(23-18)9-8-15-6-4-3-5-7-15/h3-9,13-14H,11-12H2,1-2H3/b9-8+. The summed E-state index contributed by atoms with van der Waals surface area (Å²) in [5, 5.41) is 9.32. The molecule has 0 spiro atoms. The fourth-order valence-corrected chi connectivity index (χ4v) is 2.76. The second-order valence-electron chi connectivity index (χ2n) is 5.72. The lowest BCUT2D eigenvalue weighted by molar-refractivity contribution is -0.00642. The van der Waals surface area contributed by atoms with Gasteiger partial charge in [0.05, 0.1) is 12.2 Å². The smallest absolute Gasteiger partial charge is 0.235 e. The molecule has 5 heteroatoms. The minimum atomic E-state index is 0.0960. The number of hydrogen-bond acceptors (Lipinski definition) is 5. The molecule has 1 saturated heterocycles. The van der Waals surface area contributed by atoms with E-state index in [-0.39, 0.29) is 12.2 Å². The number of benzene rings is 1. The summed E-state index contributed by atoms with van der Waals surface area (Å²) in [6, 6.07) is 12.0. The third-order valence-electron chi connectivity index (χ3n) is 3.66. The van der Waals surface area contributed by atoms with Gasteiger partial charge in [-0.25, -0.2) is 0 Å². The fourth-order valence-electron chi connectivity index (χ4n) is 2.76. The summed E-state index contributed by atoms with van der Waals surface area (Å²) in [7, 11) is 0. The van der Waals surface area contributed by atoms with Crippen molar-refractivity contribution in [2.45, 2.75) is 26.1 Å². The number of hydrogen-bond donors (Lipinski definition) is 0. The number of nitriles is 1. The number of anilines is 1. The van der Waals surface area contributed by atoms with E-state index in [9.17, 15) is 5.26 Å². The molecule has 2 atom stereocenters. The van der Waals surface area contributed by atoms with Gasteiger partial charge < -0.3 is 14.1 Å². The summed E-state index contributed by atoms with van der Waals surface area (Å²) >= 11 is 0. The maximum absolute atomic E-state index is 9.32. The molecular weight excluding hydrogens is 290 g/mol. The highest BCUT2D eigenvalue weighted by atomic mass is 16.5. The fraction of sp³-hybridized carbons (Fsp3) is 0.333. The monoisotopic (exact) mass is 309 g/mol. The van der Waals surface area contributed by atoms with Gasteiger partial charge in [-0.1, -0.05) is 30.3 Å². The lowest BCUT2D eigenvalue weighted by Gasteiger charge is -2.34. The summed E-state index contributed by atoms with van der Waals surface area (Å²) in [5.74, 6) is 0.967. The Bertz CT molecular complexity index is 720. The van der Waals surface area contributed by atoms with Crippen LogP contribution in [0.1, 0.15) is 31.0 Å². The Hall–Kier alpha value is -2.58. The van der Waals surface area contributed by atoms with Crippen LogP contribution in [0, 0.1) is 11.3 Å². The molecule has 1 aromatic heterocycles. The molecule has 1 aliphatic rings. The Morgan fingerprint density at radius 3 is 2.52 bits per heavy atom. The summed E-state index contributed by atoms with van der Waals surface area (Å²) in [6.45, 7) is 5.41.